The van der Waals surface area contributed by atoms with Gasteiger partial charge in [0.25, 0.3) is 0 Å². The van der Waals surface area contributed by atoms with Gasteiger partial charge in [-0.1, -0.05) is 18.7 Å². The van der Waals surface area contributed by atoms with Crippen LogP contribution in [-0.2, 0) is 32.2 Å². The number of ether oxygens (including phenoxy) is 4. The molecule has 20 heavy (non-hydrogen) atoms. The van der Waals surface area contributed by atoms with E-state index in [0.29, 0.717) is 38.6 Å². The topological polar surface area (TPSA) is 43.5 Å². The molecule has 0 radical (unpaired) electrons. The number of benzene rings is 1. The van der Waals surface area contributed by atoms with E-state index in [1.807, 2.05) is 6.08 Å². The molecule has 4 nitrogen and oxygen atoms in total. The Kier molecular flexibility index (Phi) is 4.47. The smallest absolute Gasteiger partial charge is 0.104 e. The van der Waals surface area contributed by atoms with Crippen LogP contribution in [0.25, 0.3) is 6.08 Å². The summed E-state index contributed by atoms with van der Waals surface area (Å²) >= 11 is 0. The predicted molar refractivity (Wildman–Crippen MR) is 75.3 cm³/mol. The quantitative estimate of drug-likeness (QED) is 0.648. The van der Waals surface area contributed by atoms with Crippen molar-refractivity contribution in [3.63, 3.8) is 0 Å². The number of rotatable bonds is 9. The van der Waals surface area contributed by atoms with Gasteiger partial charge in [0.05, 0.1) is 39.6 Å². The van der Waals surface area contributed by atoms with Crippen LogP contribution >= 0.6 is 0 Å². The van der Waals surface area contributed by atoms with Crippen LogP contribution in [-0.4, -0.2) is 38.6 Å². The second kappa shape index (κ2) is 6.50. The maximum Gasteiger partial charge on any atom is 0.104 e. The minimum Gasteiger partial charge on any atom is -0.374 e. The van der Waals surface area contributed by atoms with Crippen LogP contribution in [0.1, 0.15) is 16.7 Å². The van der Waals surface area contributed by atoms with E-state index in [0.717, 1.165) is 29.9 Å². The molecule has 0 bridgehead atoms. The molecule has 0 aliphatic carbocycles. The summed E-state index contributed by atoms with van der Waals surface area (Å²) in [6.07, 6.45) is 2.46. The van der Waals surface area contributed by atoms with Crippen molar-refractivity contribution in [2.75, 3.05) is 26.4 Å². The average Bonchev–Trinajstić information content (AvgIpc) is 3.33. The highest BCUT2D eigenvalue weighted by Crippen LogP contribution is 2.16. The van der Waals surface area contributed by atoms with Gasteiger partial charge in [-0.05, 0) is 28.8 Å². The van der Waals surface area contributed by atoms with Crippen molar-refractivity contribution in [3.8, 4) is 0 Å². The summed E-state index contributed by atoms with van der Waals surface area (Å²) in [4.78, 5) is 0. The summed E-state index contributed by atoms with van der Waals surface area (Å²) in [6.45, 7) is 8.02. The van der Waals surface area contributed by atoms with E-state index >= 15 is 0 Å². The summed E-state index contributed by atoms with van der Waals surface area (Å²) in [5.74, 6) is 0. The van der Waals surface area contributed by atoms with E-state index in [9.17, 15) is 0 Å². The Morgan fingerprint density at radius 3 is 1.90 bits per heavy atom. The Labute approximate surface area is 119 Å². The van der Waals surface area contributed by atoms with E-state index in [1.165, 1.54) is 0 Å². The first-order valence-electron chi connectivity index (χ1n) is 6.97. The van der Waals surface area contributed by atoms with Crippen LogP contribution in [0.4, 0.5) is 0 Å². The maximum absolute atomic E-state index is 5.63. The van der Waals surface area contributed by atoms with E-state index < -0.39 is 0 Å². The molecule has 1 aromatic rings. The molecule has 108 valence electrons. The van der Waals surface area contributed by atoms with Gasteiger partial charge in [0.15, 0.2) is 0 Å². The molecule has 0 amide bonds. The molecular formula is C16H20O4. The lowest BCUT2D eigenvalue weighted by atomic mass is 10.1. The van der Waals surface area contributed by atoms with Crippen molar-refractivity contribution in [2.24, 2.45) is 0 Å². The lowest BCUT2D eigenvalue weighted by Crippen LogP contribution is -2.04. The first-order chi connectivity index (χ1) is 9.83. The SMILES string of the molecule is C=Cc1cc(COCC2CO2)cc(COCC2CO2)c1. The Morgan fingerprint density at radius 1 is 1.00 bits per heavy atom. The van der Waals surface area contributed by atoms with Gasteiger partial charge in [-0.3, -0.25) is 0 Å². The minimum atomic E-state index is 0.305. The van der Waals surface area contributed by atoms with Crippen molar-refractivity contribution >= 4 is 6.08 Å². The molecular weight excluding hydrogens is 256 g/mol. The lowest BCUT2D eigenvalue weighted by molar-refractivity contribution is 0.100. The Morgan fingerprint density at radius 2 is 1.50 bits per heavy atom. The van der Waals surface area contributed by atoms with Gasteiger partial charge < -0.3 is 18.9 Å². The van der Waals surface area contributed by atoms with Gasteiger partial charge >= 0.3 is 0 Å². The van der Waals surface area contributed by atoms with E-state index in [2.05, 4.69) is 24.8 Å². The van der Waals surface area contributed by atoms with Crippen molar-refractivity contribution in [1.29, 1.82) is 0 Å². The van der Waals surface area contributed by atoms with Crippen LogP contribution in [0, 0.1) is 0 Å². The van der Waals surface area contributed by atoms with Gasteiger partial charge in [-0.2, -0.15) is 0 Å². The lowest BCUT2D eigenvalue weighted by Gasteiger charge is -2.09. The molecule has 2 fully saturated rings. The normalized spacial score (nSPS) is 23.6. The van der Waals surface area contributed by atoms with Crippen LogP contribution in [0.5, 0.6) is 0 Å². The largest absolute Gasteiger partial charge is 0.374 e. The van der Waals surface area contributed by atoms with Crippen molar-refractivity contribution in [1.82, 2.24) is 0 Å². The summed E-state index contributed by atoms with van der Waals surface area (Å²) in [7, 11) is 0. The van der Waals surface area contributed by atoms with Gasteiger partial charge in [0.1, 0.15) is 12.2 Å². The summed E-state index contributed by atoms with van der Waals surface area (Å²) in [5, 5.41) is 0. The van der Waals surface area contributed by atoms with Gasteiger partial charge in [-0.15, -0.1) is 0 Å². The van der Waals surface area contributed by atoms with Gasteiger partial charge in [-0.25, -0.2) is 0 Å². The Balaban J connectivity index is 1.53. The first kappa shape index (κ1) is 13.8. The second-order valence-electron chi connectivity index (χ2n) is 5.23. The molecule has 4 heteroatoms. The zero-order valence-electron chi connectivity index (χ0n) is 11.5. The molecule has 2 unspecified atom stereocenters. The molecule has 1 aromatic carbocycles. The molecule has 0 saturated carbocycles. The molecule has 2 atom stereocenters. The molecule has 2 aliphatic heterocycles. The summed E-state index contributed by atoms with van der Waals surface area (Å²) < 4.78 is 21.5. The molecule has 0 spiro atoms. The highest BCUT2D eigenvalue weighted by Gasteiger charge is 2.23. The van der Waals surface area contributed by atoms with Crippen molar-refractivity contribution in [3.05, 3.63) is 41.5 Å². The highest BCUT2D eigenvalue weighted by atomic mass is 16.6. The monoisotopic (exact) mass is 276 g/mol. The molecule has 2 saturated heterocycles. The molecule has 0 N–H and O–H groups in total. The van der Waals surface area contributed by atoms with E-state index in [-0.39, 0.29) is 0 Å². The fourth-order valence-electron chi connectivity index (χ4n) is 2.02. The molecule has 2 heterocycles. The number of hydrogen-bond donors (Lipinski definition) is 0. The van der Waals surface area contributed by atoms with Crippen LogP contribution < -0.4 is 0 Å². The Hall–Kier alpha value is -1.20. The molecule has 3 rings (SSSR count). The van der Waals surface area contributed by atoms with Crippen LogP contribution in [0.3, 0.4) is 0 Å². The highest BCUT2D eigenvalue weighted by molar-refractivity contribution is 5.49. The van der Waals surface area contributed by atoms with Crippen LogP contribution in [0.2, 0.25) is 0 Å². The second-order valence-corrected chi connectivity index (χ2v) is 5.23. The fraction of sp³-hybridized carbons (Fsp3) is 0.500. The van der Waals surface area contributed by atoms with Gasteiger partial charge in [0.2, 0.25) is 0 Å². The third-order valence-electron chi connectivity index (χ3n) is 3.26. The maximum atomic E-state index is 5.63. The third kappa shape index (κ3) is 4.42. The Bertz CT molecular complexity index is 427. The van der Waals surface area contributed by atoms with Crippen molar-refractivity contribution < 1.29 is 18.9 Å². The zero-order valence-corrected chi connectivity index (χ0v) is 11.5. The first-order valence-corrected chi connectivity index (χ1v) is 6.97. The molecule has 0 aromatic heterocycles. The number of epoxide rings is 2. The number of hydrogen-bond acceptors (Lipinski definition) is 4. The van der Waals surface area contributed by atoms with Gasteiger partial charge in [0, 0.05) is 0 Å². The van der Waals surface area contributed by atoms with E-state index in [4.69, 9.17) is 18.9 Å². The predicted octanol–water partition coefficient (Wildman–Crippen LogP) is 2.16. The third-order valence-corrected chi connectivity index (χ3v) is 3.26. The standard InChI is InChI=1S/C16H20O4/c1-2-12-3-13(6-17-8-15-10-19-15)5-14(4-12)7-18-9-16-11-20-16/h2-5,15-16H,1,6-11H2. The molecule has 2 aliphatic rings. The minimum absolute atomic E-state index is 0.305. The summed E-state index contributed by atoms with van der Waals surface area (Å²) in [6, 6.07) is 6.30. The average molecular weight is 276 g/mol. The van der Waals surface area contributed by atoms with Crippen molar-refractivity contribution in [2.45, 2.75) is 25.4 Å². The van der Waals surface area contributed by atoms with Crippen LogP contribution in [0.15, 0.2) is 24.8 Å². The van der Waals surface area contributed by atoms with E-state index in [1.54, 1.807) is 0 Å². The summed E-state index contributed by atoms with van der Waals surface area (Å²) in [5.41, 5.74) is 3.38. The zero-order chi connectivity index (χ0) is 13.8. The fourth-order valence-corrected chi connectivity index (χ4v) is 2.02.